The first-order chi connectivity index (χ1) is 21.4. The van der Waals surface area contributed by atoms with Crippen LogP contribution < -0.4 is 11.3 Å². The largest absolute Gasteiger partial charge is 0.346 e. The van der Waals surface area contributed by atoms with Gasteiger partial charge in [-0.1, -0.05) is 27.7 Å². The first-order valence-electron chi connectivity index (χ1n) is 17.8. The first kappa shape index (κ1) is 31.4. The lowest BCUT2D eigenvalue weighted by atomic mass is 9.56. The summed E-state index contributed by atoms with van der Waals surface area (Å²) in [5, 5.41) is 0. The lowest BCUT2D eigenvalue weighted by molar-refractivity contribution is -0.571. The zero-order valence-corrected chi connectivity index (χ0v) is 27.8. The number of ether oxygens (including phenoxy) is 4. The molecule has 0 aromatic carbocycles. The van der Waals surface area contributed by atoms with Gasteiger partial charge >= 0.3 is 0 Å². The zero-order chi connectivity index (χ0) is 31.5. The fourth-order valence-electron chi connectivity index (χ4n) is 11.5. The molecule has 4 bridgehead atoms. The maximum Gasteiger partial charge on any atom is 0.237 e. The molecule has 2 saturated carbocycles. The summed E-state index contributed by atoms with van der Waals surface area (Å²) in [5.41, 5.74) is 1.20. The van der Waals surface area contributed by atoms with Crippen molar-refractivity contribution in [3.63, 3.8) is 0 Å². The number of rotatable bonds is 5. The molecule has 254 valence electrons. The Labute approximate surface area is 267 Å². The fourth-order valence-corrected chi connectivity index (χ4v) is 11.5. The van der Waals surface area contributed by atoms with Crippen LogP contribution in [0.1, 0.15) is 106 Å². The first-order valence-corrected chi connectivity index (χ1v) is 17.8. The van der Waals surface area contributed by atoms with E-state index >= 15 is 0 Å². The number of amides is 1. The van der Waals surface area contributed by atoms with Gasteiger partial charge in [-0.3, -0.25) is 10.2 Å². The second kappa shape index (κ2) is 10.8. The van der Waals surface area contributed by atoms with Crippen LogP contribution in [0.5, 0.6) is 0 Å². The number of fused-ring (bicyclic) bond motifs is 4. The summed E-state index contributed by atoms with van der Waals surface area (Å²) in [7, 11) is 0. The number of hydrogen-bond acceptors (Lipinski definition) is 10. The smallest absolute Gasteiger partial charge is 0.237 e. The molecule has 17 atom stereocenters. The molecule has 1 amide bonds. The lowest BCUT2D eigenvalue weighted by Gasteiger charge is -2.61. The van der Waals surface area contributed by atoms with Crippen molar-refractivity contribution in [3.8, 4) is 0 Å². The molecule has 11 heteroatoms. The van der Waals surface area contributed by atoms with Crippen LogP contribution in [0.15, 0.2) is 0 Å². The molecule has 8 aliphatic heterocycles. The van der Waals surface area contributed by atoms with E-state index in [0.29, 0.717) is 36.5 Å². The Kier molecular flexibility index (Phi) is 7.54. The van der Waals surface area contributed by atoms with Crippen LogP contribution in [0.3, 0.4) is 0 Å². The quantitative estimate of drug-likeness (QED) is 0.187. The summed E-state index contributed by atoms with van der Waals surface area (Å²) in [5.74, 6) is 5.79. The van der Waals surface area contributed by atoms with Gasteiger partial charge in [0.05, 0.1) is 12.2 Å². The summed E-state index contributed by atoms with van der Waals surface area (Å²) < 4.78 is 26.9. The van der Waals surface area contributed by atoms with Crippen LogP contribution in [0.2, 0.25) is 0 Å². The number of hydrazine groups is 1. The van der Waals surface area contributed by atoms with Gasteiger partial charge in [-0.15, -0.1) is 0 Å². The molecular formula is C34H54N2O9. The summed E-state index contributed by atoms with van der Waals surface area (Å²) in [6, 6.07) is 0. The molecule has 10 rings (SSSR count). The second-order valence-corrected chi connectivity index (χ2v) is 16.6. The Balaban J connectivity index is 1.05. The van der Waals surface area contributed by atoms with Gasteiger partial charge in [0.15, 0.2) is 23.8 Å². The molecule has 2 spiro atoms. The molecule has 2 aliphatic carbocycles. The lowest BCUT2D eigenvalue weighted by Crippen LogP contribution is -2.70. The summed E-state index contributed by atoms with van der Waals surface area (Å²) >= 11 is 0. The molecule has 4 unspecified atom stereocenters. The van der Waals surface area contributed by atoms with E-state index in [2.05, 4.69) is 33.1 Å². The van der Waals surface area contributed by atoms with Crippen molar-refractivity contribution in [1.29, 1.82) is 0 Å². The van der Waals surface area contributed by atoms with Gasteiger partial charge in [0, 0.05) is 30.6 Å². The minimum atomic E-state index is -0.839. The molecule has 0 radical (unpaired) electrons. The predicted molar refractivity (Wildman–Crippen MR) is 159 cm³/mol. The number of nitrogens with two attached hydrogens (primary N) is 1. The van der Waals surface area contributed by atoms with E-state index in [4.69, 9.17) is 44.3 Å². The highest BCUT2D eigenvalue weighted by molar-refractivity contribution is 5.78. The van der Waals surface area contributed by atoms with Crippen molar-refractivity contribution >= 4 is 5.91 Å². The van der Waals surface area contributed by atoms with Crippen LogP contribution in [-0.2, 0) is 43.3 Å². The third kappa shape index (κ3) is 4.51. The van der Waals surface area contributed by atoms with Crippen molar-refractivity contribution < 1.29 is 43.3 Å². The monoisotopic (exact) mass is 634 g/mol. The standard InChI is InChI=1S/C34H54N2O9/c1-17-7-9-24-19(3)26(38-29-33(24)22(17)11-13-31(5,40-29)42-44-33)15-21(28(37)36-35)16-27-20(4)25-10-8-18(2)23-12-14-32(6)41-30(39-27)34(23,25)45-43-32/h17-27,29-30H,7-16,35H2,1-6H3,(H,36,37)/t17-,18-,19-,20-,21?,22?,23?,24+,25+,26-,27?,29-,30-,31+,32+,33-,34-/m1/s1. The number of carbonyl (C=O) groups is 1. The van der Waals surface area contributed by atoms with Crippen LogP contribution in [-0.4, -0.2) is 53.5 Å². The van der Waals surface area contributed by atoms with Crippen LogP contribution in [0.4, 0.5) is 0 Å². The van der Waals surface area contributed by atoms with Crippen molar-refractivity contribution in [3.05, 3.63) is 0 Å². The van der Waals surface area contributed by atoms with Crippen LogP contribution >= 0.6 is 0 Å². The van der Waals surface area contributed by atoms with E-state index in [9.17, 15) is 4.79 Å². The van der Waals surface area contributed by atoms with E-state index < -0.39 is 41.3 Å². The van der Waals surface area contributed by atoms with E-state index in [1.165, 1.54) is 0 Å². The van der Waals surface area contributed by atoms with Gasteiger partial charge in [0.2, 0.25) is 17.5 Å². The molecular weight excluding hydrogens is 580 g/mol. The van der Waals surface area contributed by atoms with Crippen molar-refractivity contribution in [2.75, 3.05) is 0 Å². The Hall–Kier alpha value is -0.890. The highest BCUT2D eigenvalue weighted by Crippen LogP contribution is 2.63. The average molecular weight is 635 g/mol. The Morgan fingerprint density at radius 3 is 1.56 bits per heavy atom. The minimum absolute atomic E-state index is 0.138. The molecule has 0 aromatic heterocycles. The number of carbonyl (C=O) groups excluding carboxylic acids is 1. The van der Waals surface area contributed by atoms with E-state index in [-0.39, 0.29) is 41.8 Å². The van der Waals surface area contributed by atoms with Crippen molar-refractivity contribution in [2.45, 2.75) is 153 Å². The number of hydrogen-bond donors (Lipinski definition) is 2. The molecule has 10 fully saturated rings. The summed E-state index contributed by atoms with van der Waals surface area (Å²) in [4.78, 5) is 38.2. The normalized spacial score (nSPS) is 57.2. The molecule has 45 heavy (non-hydrogen) atoms. The molecule has 3 N–H and O–H groups in total. The van der Waals surface area contributed by atoms with Gasteiger partial charge in [-0.05, 0) is 101 Å². The van der Waals surface area contributed by atoms with Gasteiger partial charge in [0.25, 0.3) is 0 Å². The predicted octanol–water partition coefficient (Wildman–Crippen LogP) is 4.87. The molecule has 8 heterocycles. The van der Waals surface area contributed by atoms with Gasteiger partial charge < -0.3 is 18.9 Å². The van der Waals surface area contributed by atoms with E-state index in [1.54, 1.807) is 0 Å². The van der Waals surface area contributed by atoms with Crippen molar-refractivity contribution in [2.24, 2.45) is 59.1 Å². The Bertz CT molecular complexity index is 1100. The SMILES string of the molecule is C[C@H]1[C@@H](CC(CC2O[C@@H]3O[C@]4(C)CCC5[C@H](C)CC[C@@H]([C@H]2C)[C@]53OO4)C(=O)NN)O[C@@H]2O[C@]3(C)CCC4[C@H](C)CC[C@@H]1[C@]42OO3. The summed E-state index contributed by atoms with van der Waals surface area (Å²) in [6.45, 7) is 13.0. The molecule has 0 aromatic rings. The van der Waals surface area contributed by atoms with E-state index in [0.717, 1.165) is 51.4 Å². The molecule has 10 aliphatic rings. The van der Waals surface area contributed by atoms with Gasteiger partial charge in [-0.25, -0.2) is 25.4 Å². The van der Waals surface area contributed by atoms with Crippen LogP contribution in [0, 0.1) is 53.3 Å². The maximum absolute atomic E-state index is 13.5. The summed E-state index contributed by atoms with van der Waals surface area (Å²) in [6.07, 6.45) is 7.32. The Morgan fingerprint density at radius 2 is 1.13 bits per heavy atom. The molecule has 8 saturated heterocycles. The average Bonchev–Trinajstić information content (AvgIpc) is 3.39. The minimum Gasteiger partial charge on any atom is -0.346 e. The Morgan fingerprint density at radius 1 is 0.689 bits per heavy atom. The number of nitrogens with one attached hydrogen (secondary N) is 1. The third-order valence-electron chi connectivity index (χ3n) is 14.1. The maximum atomic E-state index is 13.5. The highest BCUT2D eigenvalue weighted by atomic mass is 17.3. The van der Waals surface area contributed by atoms with E-state index in [1.807, 2.05) is 13.8 Å². The van der Waals surface area contributed by atoms with Crippen molar-refractivity contribution in [1.82, 2.24) is 5.43 Å². The van der Waals surface area contributed by atoms with Crippen LogP contribution in [0.25, 0.3) is 0 Å². The zero-order valence-electron chi connectivity index (χ0n) is 27.8. The van der Waals surface area contributed by atoms with Gasteiger partial charge in [-0.2, -0.15) is 0 Å². The third-order valence-corrected chi connectivity index (χ3v) is 14.1. The fraction of sp³-hybridized carbons (Fsp3) is 0.971. The van der Waals surface area contributed by atoms with Gasteiger partial charge in [0.1, 0.15) is 0 Å². The second-order valence-electron chi connectivity index (χ2n) is 16.6. The molecule has 11 nitrogen and oxygen atoms in total. The highest BCUT2D eigenvalue weighted by Gasteiger charge is 2.71. The topological polar surface area (TPSA) is 129 Å².